The Kier molecular flexibility index (Phi) is 3.17. The van der Waals surface area contributed by atoms with E-state index in [2.05, 4.69) is 0 Å². The Morgan fingerprint density at radius 1 is 1.20 bits per heavy atom. The van der Waals surface area contributed by atoms with E-state index >= 15 is 0 Å². The number of rotatable bonds is 1. The maximum Gasteiger partial charge on any atom is 0.231 e. The molecule has 0 radical (unpaired) electrons. The molecule has 0 bridgehead atoms. The Hall–Kier alpha value is -0.730. The average molecular weight is 244 g/mol. The van der Waals surface area contributed by atoms with Gasteiger partial charge in [-0.3, -0.25) is 9.69 Å². The van der Waals surface area contributed by atoms with E-state index in [1.165, 1.54) is 0 Å². The highest BCUT2D eigenvalue weighted by Gasteiger charge is 2.24. The van der Waals surface area contributed by atoms with Crippen LogP contribution in [0.4, 0.5) is 0 Å². The molecule has 1 aliphatic carbocycles. The van der Waals surface area contributed by atoms with E-state index in [9.17, 15) is 4.79 Å². The molecule has 1 heterocycles. The second-order valence-corrected chi connectivity index (χ2v) is 4.39. The number of amides is 1. The minimum atomic E-state index is 0.0547. The Balaban J connectivity index is 2.36. The summed E-state index contributed by atoms with van der Waals surface area (Å²) in [5.41, 5.74) is 0.658. The van der Waals surface area contributed by atoms with Crippen LogP contribution in [0.2, 0.25) is 0 Å². The van der Waals surface area contributed by atoms with Gasteiger partial charge in [0, 0.05) is 17.7 Å². The van der Waals surface area contributed by atoms with Crippen LogP contribution >= 0.6 is 23.2 Å². The molecule has 2 nitrogen and oxygen atoms in total. The Labute approximate surface area is 98.8 Å². The number of allylic oxidation sites excluding steroid dienone is 4. The van der Waals surface area contributed by atoms with Gasteiger partial charge in [0.15, 0.2) is 0 Å². The first kappa shape index (κ1) is 10.8. The van der Waals surface area contributed by atoms with E-state index < -0.39 is 0 Å². The largest absolute Gasteiger partial charge is 0.286 e. The van der Waals surface area contributed by atoms with Crippen molar-refractivity contribution >= 4 is 29.1 Å². The van der Waals surface area contributed by atoms with E-state index in [1.54, 1.807) is 11.1 Å². The molecule has 0 aromatic heterocycles. The summed E-state index contributed by atoms with van der Waals surface area (Å²) in [4.78, 5) is 13.2. The van der Waals surface area contributed by atoms with Crippen molar-refractivity contribution in [2.45, 2.75) is 25.7 Å². The summed E-state index contributed by atoms with van der Waals surface area (Å²) in [6.45, 7) is 0. The van der Waals surface area contributed by atoms with Crippen molar-refractivity contribution in [3.63, 3.8) is 0 Å². The van der Waals surface area contributed by atoms with Crippen molar-refractivity contribution in [3.8, 4) is 0 Å². The van der Waals surface area contributed by atoms with Crippen LogP contribution in [0.1, 0.15) is 25.7 Å². The summed E-state index contributed by atoms with van der Waals surface area (Å²) in [6, 6.07) is 0. The predicted molar refractivity (Wildman–Crippen MR) is 61.3 cm³/mol. The van der Waals surface area contributed by atoms with Crippen molar-refractivity contribution in [1.29, 1.82) is 0 Å². The third-order valence-electron chi connectivity index (χ3n) is 2.46. The lowest BCUT2D eigenvalue weighted by Crippen LogP contribution is -2.28. The molecule has 2 rings (SSSR count). The van der Waals surface area contributed by atoms with Gasteiger partial charge < -0.3 is 0 Å². The van der Waals surface area contributed by atoms with Crippen molar-refractivity contribution in [1.82, 2.24) is 4.90 Å². The molecule has 80 valence electrons. The number of halogens is 2. The van der Waals surface area contributed by atoms with E-state index in [0.29, 0.717) is 22.2 Å². The van der Waals surface area contributed by atoms with Crippen molar-refractivity contribution in [2.24, 2.45) is 0 Å². The highest BCUT2D eigenvalue weighted by molar-refractivity contribution is 6.36. The van der Waals surface area contributed by atoms with Crippen LogP contribution < -0.4 is 0 Å². The molecule has 0 aromatic rings. The van der Waals surface area contributed by atoms with Gasteiger partial charge in [0.1, 0.15) is 0 Å². The van der Waals surface area contributed by atoms with Crippen LogP contribution in [-0.4, -0.2) is 10.8 Å². The molecule has 2 aliphatic rings. The van der Waals surface area contributed by atoms with Crippen LogP contribution in [0.15, 0.2) is 34.1 Å². The van der Waals surface area contributed by atoms with Crippen LogP contribution in [0.25, 0.3) is 0 Å². The minimum Gasteiger partial charge on any atom is -0.286 e. The van der Waals surface area contributed by atoms with E-state index in [-0.39, 0.29) is 5.91 Å². The maximum absolute atomic E-state index is 11.7. The van der Waals surface area contributed by atoms with Crippen molar-refractivity contribution in [2.75, 3.05) is 0 Å². The third-order valence-corrected chi connectivity index (χ3v) is 3.16. The van der Waals surface area contributed by atoms with Gasteiger partial charge in [-0.1, -0.05) is 35.4 Å². The van der Waals surface area contributed by atoms with E-state index in [4.69, 9.17) is 23.2 Å². The van der Waals surface area contributed by atoms with Crippen LogP contribution in [0.5, 0.6) is 0 Å². The van der Waals surface area contributed by atoms with Gasteiger partial charge in [-0.2, -0.15) is 0 Å². The highest BCUT2D eigenvalue weighted by Crippen LogP contribution is 2.34. The zero-order chi connectivity index (χ0) is 10.8. The predicted octanol–water partition coefficient (Wildman–Crippen LogP) is 3.49. The molecule has 0 saturated heterocycles. The molecular weight excluding hydrogens is 233 g/mol. The van der Waals surface area contributed by atoms with Gasteiger partial charge in [0.05, 0.1) is 10.7 Å². The molecule has 0 atom stereocenters. The van der Waals surface area contributed by atoms with Crippen LogP contribution in [0, 0.1) is 0 Å². The standard InChI is InChI=1S/C11H11Cl2NO/c12-8-4-3-5-9(13)11(8)14-7-2-1-6-10(14)15/h2,4,7H,1,3,5-6H2. The monoisotopic (exact) mass is 243 g/mol. The first-order chi connectivity index (χ1) is 7.20. The SMILES string of the molecule is O=C1CCC=CN1C1=C(Cl)CCC=C1Cl. The molecule has 1 aliphatic heterocycles. The molecule has 0 N–H and O–H groups in total. The van der Waals surface area contributed by atoms with Crippen molar-refractivity contribution < 1.29 is 4.79 Å². The number of carbonyl (C=O) groups excluding carboxylic acids is 1. The molecule has 0 fully saturated rings. The summed E-state index contributed by atoms with van der Waals surface area (Å²) in [6.07, 6.45) is 8.52. The van der Waals surface area contributed by atoms with Gasteiger partial charge >= 0.3 is 0 Å². The number of hydrogen-bond acceptors (Lipinski definition) is 1. The molecule has 0 aromatic carbocycles. The van der Waals surface area contributed by atoms with Crippen LogP contribution in [-0.2, 0) is 4.79 Å². The smallest absolute Gasteiger partial charge is 0.231 e. The maximum atomic E-state index is 11.7. The lowest BCUT2D eigenvalue weighted by atomic mass is 10.1. The first-order valence-electron chi connectivity index (χ1n) is 4.93. The Morgan fingerprint density at radius 2 is 2.00 bits per heavy atom. The third kappa shape index (κ3) is 2.11. The fourth-order valence-corrected chi connectivity index (χ4v) is 2.37. The zero-order valence-corrected chi connectivity index (χ0v) is 9.68. The van der Waals surface area contributed by atoms with E-state index in [0.717, 1.165) is 19.3 Å². The summed E-state index contributed by atoms with van der Waals surface area (Å²) in [5.74, 6) is 0.0547. The quantitative estimate of drug-likeness (QED) is 0.691. The molecule has 0 spiro atoms. The van der Waals surface area contributed by atoms with Crippen molar-refractivity contribution in [3.05, 3.63) is 34.1 Å². The molecule has 4 heteroatoms. The number of carbonyl (C=O) groups is 1. The Bertz CT molecular complexity index is 382. The summed E-state index contributed by atoms with van der Waals surface area (Å²) >= 11 is 12.2. The summed E-state index contributed by atoms with van der Waals surface area (Å²) < 4.78 is 0. The molecular formula is C11H11Cl2NO. The van der Waals surface area contributed by atoms with Gasteiger partial charge in [-0.05, 0) is 19.3 Å². The minimum absolute atomic E-state index is 0.0547. The second kappa shape index (κ2) is 4.42. The normalized spacial score (nSPS) is 22.1. The highest BCUT2D eigenvalue weighted by atomic mass is 35.5. The van der Waals surface area contributed by atoms with Gasteiger partial charge in [0.25, 0.3) is 0 Å². The fourth-order valence-electron chi connectivity index (χ4n) is 1.71. The fraction of sp³-hybridized carbons (Fsp3) is 0.364. The molecule has 0 saturated carbocycles. The van der Waals surface area contributed by atoms with Gasteiger partial charge in [0.2, 0.25) is 5.91 Å². The zero-order valence-electron chi connectivity index (χ0n) is 8.17. The van der Waals surface area contributed by atoms with Crippen LogP contribution in [0.3, 0.4) is 0 Å². The summed E-state index contributed by atoms with van der Waals surface area (Å²) in [7, 11) is 0. The van der Waals surface area contributed by atoms with Gasteiger partial charge in [-0.15, -0.1) is 0 Å². The second-order valence-electron chi connectivity index (χ2n) is 3.53. The lowest BCUT2D eigenvalue weighted by molar-refractivity contribution is -0.127. The number of nitrogens with zero attached hydrogens (tertiary/aromatic N) is 1. The Morgan fingerprint density at radius 3 is 2.67 bits per heavy atom. The number of hydrogen-bond donors (Lipinski definition) is 0. The summed E-state index contributed by atoms with van der Waals surface area (Å²) in [5, 5.41) is 1.24. The van der Waals surface area contributed by atoms with Gasteiger partial charge in [-0.25, -0.2) is 0 Å². The average Bonchev–Trinajstić information content (AvgIpc) is 2.20. The van der Waals surface area contributed by atoms with E-state index in [1.807, 2.05) is 12.2 Å². The lowest BCUT2D eigenvalue weighted by Gasteiger charge is -2.27. The molecule has 15 heavy (non-hydrogen) atoms. The topological polar surface area (TPSA) is 20.3 Å². The molecule has 0 unspecified atom stereocenters. The molecule has 1 amide bonds. The first-order valence-corrected chi connectivity index (χ1v) is 5.69.